The minimum absolute atomic E-state index is 0.198. The fourth-order valence-corrected chi connectivity index (χ4v) is 2.90. The Balaban J connectivity index is 2.38. The number of carbonyl (C=O) groups excluding carboxylic acids is 1. The highest BCUT2D eigenvalue weighted by Gasteiger charge is 2.15. The van der Waals surface area contributed by atoms with E-state index in [-0.39, 0.29) is 18.4 Å². The van der Waals surface area contributed by atoms with Gasteiger partial charge in [0.1, 0.15) is 0 Å². The summed E-state index contributed by atoms with van der Waals surface area (Å²) in [6, 6.07) is 12.1. The molecule has 0 amide bonds. The molecule has 0 unspecified atom stereocenters. The molecule has 2 aromatic carbocycles. The van der Waals surface area contributed by atoms with Gasteiger partial charge in [-0.3, -0.25) is 4.79 Å². The molecule has 0 spiro atoms. The van der Waals surface area contributed by atoms with E-state index in [2.05, 4.69) is 51.1 Å². The third-order valence-electron chi connectivity index (χ3n) is 4.13. The molecule has 3 nitrogen and oxygen atoms in total. The van der Waals surface area contributed by atoms with Crippen molar-refractivity contribution in [2.24, 2.45) is 5.73 Å². The molecule has 0 bridgehead atoms. The normalized spacial score (nSPS) is 12.0. The number of rotatable bonds is 5. The van der Waals surface area contributed by atoms with Crippen molar-refractivity contribution in [1.29, 1.82) is 0 Å². The van der Waals surface area contributed by atoms with Crippen LogP contribution < -0.4 is 5.73 Å². The van der Waals surface area contributed by atoms with E-state index in [0.717, 1.165) is 5.56 Å². The van der Waals surface area contributed by atoms with Crippen molar-refractivity contribution in [3.05, 3.63) is 58.7 Å². The number of ether oxygens (including phenoxy) is 1. The van der Waals surface area contributed by atoms with Gasteiger partial charge in [0.2, 0.25) is 0 Å². The van der Waals surface area contributed by atoms with E-state index >= 15 is 0 Å². The number of hydrogen-bond acceptors (Lipinski definition) is 3. The molecule has 0 aliphatic heterocycles. The summed E-state index contributed by atoms with van der Waals surface area (Å²) >= 11 is 0. The van der Waals surface area contributed by atoms with E-state index in [9.17, 15) is 4.79 Å². The number of aryl methyl sites for hydroxylation is 3. The summed E-state index contributed by atoms with van der Waals surface area (Å²) in [4.78, 5) is 11.7. The Kier molecular flexibility index (Phi) is 5.56. The zero-order valence-corrected chi connectivity index (χ0v) is 14.3. The van der Waals surface area contributed by atoms with Crippen molar-refractivity contribution in [1.82, 2.24) is 0 Å². The first-order valence-electron chi connectivity index (χ1n) is 8.02. The molecule has 2 rings (SSSR count). The number of hydrogen-bond donors (Lipinski definition) is 1. The predicted molar refractivity (Wildman–Crippen MR) is 94.3 cm³/mol. The van der Waals surface area contributed by atoms with Crippen molar-refractivity contribution in [3.8, 4) is 11.1 Å². The zero-order chi connectivity index (χ0) is 17.0. The maximum absolute atomic E-state index is 11.7. The average molecular weight is 311 g/mol. The highest BCUT2D eigenvalue weighted by Crippen LogP contribution is 2.32. The predicted octanol–water partition coefficient (Wildman–Crippen LogP) is 4.23. The van der Waals surface area contributed by atoms with E-state index in [1.807, 2.05) is 6.07 Å². The molecule has 0 aliphatic rings. The molecule has 1 atom stereocenters. The number of nitrogens with two attached hydrogens (primary N) is 1. The quantitative estimate of drug-likeness (QED) is 0.841. The van der Waals surface area contributed by atoms with Crippen LogP contribution in [0.25, 0.3) is 11.1 Å². The van der Waals surface area contributed by atoms with Crippen LogP contribution in [0.5, 0.6) is 0 Å². The summed E-state index contributed by atoms with van der Waals surface area (Å²) in [5.74, 6) is -0.255. The number of carbonyl (C=O) groups is 1. The van der Waals surface area contributed by atoms with Crippen molar-refractivity contribution < 1.29 is 9.53 Å². The maximum Gasteiger partial charge on any atom is 0.307 e. The van der Waals surface area contributed by atoms with E-state index in [1.165, 1.54) is 27.8 Å². The van der Waals surface area contributed by atoms with Crippen LogP contribution in [0.15, 0.2) is 36.4 Å². The molecule has 3 heteroatoms. The number of esters is 1. The monoisotopic (exact) mass is 311 g/mol. The summed E-state index contributed by atoms with van der Waals surface area (Å²) in [7, 11) is 0. The molecule has 122 valence electrons. The molecule has 23 heavy (non-hydrogen) atoms. The summed E-state index contributed by atoms with van der Waals surface area (Å²) in [6.45, 7) is 8.52. The molecule has 0 fully saturated rings. The van der Waals surface area contributed by atoms with Gasteiger partial charge in [-0.1, -0.05) is 30.3 Å². The molecule has 2 N–H and O–H groups in total. The van der Waals surface area contributed by atoms with Crippen molar-refractivity contribution >= 4 is 5.97 Å². The standard InChI is InChI=1S/C20H25NO2/c1-5-23-19(22)12-18(21)16-10-9-13(2)17(11-16)20-14(3)7-6-8-15(20)4/h6-11,18H,5,12,21H2,1-4H3/t18-/m0/s1. The lowest BCUT2D eigenvalue weighted by Crippen LogP contribution is -2.17. The van der Waals surface area contributed by atoms with Crippen LogP contribution in [0.1, 0.15) is 41.6 Å². The molecule has 0 saturated carbocycles. The van der Waals surface area contributed by atoms with E-state index < -0.39 is 0 Å². The smallest absolute Gasteiger partial charge is 0.307 e. The first kappa shape index (κ1) is 17.2. The Hall–Kier alpha value is -2.13. The van der Waals surface area contributed by atoms with Gasteiger partial charge in [-0.05, 0) is 67.1 Å². The second kappa shape index (κ2) is 7.42. The minimum Gasteiger partial charge on any atom is -0.466 e. The summed E-state index contributed by atoms with van der Waals surface area (Å²) < 4.78 is 4.99. The van der Waals surface area contributed by atoms with E-state index in [4.69, 9.17) is 10.5 Å². The van der Waals surface area contributed by atoms with Gasteiger partial charge in [0.25, 0.3) is 0 Å². The van der Waals surface area contributed by atoms with Crippen LogP contribution in [-0.4, -0.2) is 12.6 Å². The van der Waals surface area contributed by atoms with Gasteiger partial charge < -0.3 is 10.5 Å². The van der Waals surface area contributed by atoms with E-state index in [1.54, 1.807) is 6.92 Å². The van der Waals surface area contributed by atoms with Crippen LogP contribution in [-0.2, 0) is 9.53 Å². The second-order valence-corrected chi connectivity index (χ2v) is 5.96. The SMILES string of the molecule is CCOC(=O)C[C@H](N)c1ccc(C)c(-c2c(C)cccc2C)c1. The van der Waals surface area contributed by atoms with Crippen molar-refractivity contribution in [2.45, 2.75) is 40.2 Å². The van der Waals surface area contributed by atoms with Crippen LogP contribution in [0.4, 0.5) is 0 Å². The topological polar surface area (TPSA) is 52.3 Å². The lowest BCUT2D eigenvalue weighted by molar-refractivity contribution is -0.143. The largest absolute Gasteiger partial charge is 0.466 e. The first-order chi connectivity index (χ1) is 10.9. The summed E-state index contributed by atoms with van der Waals surface area (Å²) in [5.41, 5.74) is 13.3. The lowest BCUT2D eigenvalue weighted by Gasteiger charge is -2.17. The lowest BCUT2D eigenvalue weighted by atomic mass is 9.90. The van der Waals surface area contributed by atoms with Crippen LogP contribution in [0.2, 0.25) is 0 Å². The highest BCUT2D eigenvalue weighted by atomic mass is 16.5. The van der Waals surface area contributed by atoms with Gasteiger partial charge in [-0.15, -0.1) is 0 Å². The van der Waals surface area contributed by atoms with Gasteiger partial charge in [-0.25, -0.2) is 0 Å². The van der Waals surface area contributed by atoms with Gasteiger partial charge in [0.05, 0.1) is 13.0 Å². The van der Waals surface area contributed by atoms with Crippen LogP contribution in [0.3, 0.4) is 0 Å². The Morgan fingerprint density at radius 3 is 2.35 bits per heavy atom. The molecule has 0 saturated heterocycles. The molecular weight excluding hydrogens is 286 g/mol. The van der Waals surface area contributed by atoms with Crippen molar-refractivity contribution in [3.63, 3.8) is 0 Å². The molecule has 0 radical (unpaired) electrons. The Morgan fingerprint density at radius 1 is 1.09 bits per heavy atom. The Bertz CT molecular complexity index is 687. The van der Waals surface area contributed by atoms with Gasteiger partial charge >= 0.3 is 5.97 Å². The van der Waals surface area contributed by atoms with Gasteiger partial charge in [0.15, 0.2) is 0 Å². The molecule has 0 heterocycles. The van der Waals surface area contributed by atoms with Crippen LogP contribution in [0, 0.1) is 20.8 Å². The van der Waals surface area contributed by atoms with Crippen molar-refractivity contribution in [2.75, 3.05) is 6.61 Å². The fraction of sp³-hybridized carbons (Fsp3) is 0.350. The van der Waals surface area contributed by atoms with Gasteiger partial charge in [-0.2, -0.15) is 0 Å². The second-order valence-electron chi connectivity index (χ2n) is 5.96. The molecular formula is C20H25NO2. The minimum atomic E-state index is -0.349. The highest BCUT2D eigenvalue weighted by molar-refractivity contribution is 5.75. The maximum atomic E-state index is 11.7. The van der Waals surface area contributed by atoms with Crippen LogP contribution >= 0.6 is 0 Å². The molecule has 2 aromatic rings. The zero-order valence-electron chi connectivity index (χ0n) is 14.3. The fourth-order valence-electron chi connectivity index (χ4n) is 2.90. The third-order valence-corrected chi connectivity index (χ3v) is 4.13. The third kappa shape index (κ3) is 3.99. The summed E-state index contributed by atoms with van der Waals surface area (Å²) in [5, 5.41) is 0. The first-order valence-corrected chi connectivity index (χ1v) is 8.02. The van der Waals surface area contributed by atoms with E-state index in [0.29, 0.717) is 6.61 Å². The molecule has 0 aliphatic carbocycles. The Morgan fingerprint density at radius 2 is 1.74 bits per heavy atom. The number of benzene rings is 2. The Labute approximate surface area is 138 Å². The van der Waals surface area contributed by atoms with Gasteiger partial charge in [0, 0.05) is 6.04 Å². The molecule has 0 aromatic heterocycles. The summed E-state index contributed by atoms with van der Waals surface area (Å²) in [6.07, 6.45) is 0.198. The average Bonchev–Trinajstić information content (AvgIpc) is 2.49.